The van der Waals surface area contributed by atoms with Crippen molar-refractivity contribution >= 4 is 11.6 Å². The van der Waals surface area contributed by atoms with Crippen molar-refractivity contribution < 1.29 is 14.3 Å². The van der Waals surface area contributed by atoms with Gasteiger partial charge in [0.15, 0.2) is 11.5 Å². The minimum absolute atomic E-state index is 0.107. The highest BCUT2D eigenvalue weighted by atomic mass is 16.5. The Hall–Kier alpha value is -2.76. The number of methoxy groups -OCH3 is 2. The Morgan fingerprint density at radius 1 is 1.17 bits per heavy atom. The number of hydrogen-bond acceptors (Lipinski definition) is 5. The van der Waals surface area contributed by atoms with Crippen LogP contribution >= 0.6 is 0 Å². The van der Waals surface area contributed by atoms with Crippen molar-refractivity contribution in [1.29, 1.82) is 0 Å². The zero-order valence-corrected chi connectivity index (χ0v) is 13.8. The van der Waals surface area contributed by atoms with E-state index in [1.54, 1.807) is 26.5 Å². The average Bonchev–Trinajstić information content (AvgIpc) is 3.44. The van der Waals surface area contributed by atoms with E-state index in [1.165, 1.54) is 0 Å². The van der Waals surface area contributed by atoms with Gasteiger partial charge in [-0.05, 0) is 42.7 Å². The molecule has 0 saturated heterocycles. The maximum absolute atomic E-state index is 11.9. The predicted molar refractivity (Wildman–Crippen MR) is 91.6 cm³/mol. The highest BCUT2D eigenvalue weighted by Crippen LogP contribution is 2.27. The van der Waals surface area contributed by atoms with Gasteiger partial charge in [0, 0.05) is 12.6 Å². The number of anilines is 1. The van der Waals surface area contributed by atoms with Crippen molar-refractivity contribution in [1.82, 2.24) is 10.3 Å². The summed E-state index contributed by atoms with van der Waals surface area (Å²) in [6.07, 6.45) is 3.80. The van der Waals surface area contributed by atoms with Crippen LogP contribution in [0.25, 0.3) is 0 Å². The van der Waals surface area contributed by atoms with Crippen molar-refractivity contribution in [2.24, 2.45) is 0 Å². The number of carbonyl (C=O) groups excluding carboxylic acids is 1. The SMILES string of the molecule is COc1ccc(CNc2ccc(C(=O)NC3CC3)nc2)cc1OC. The first-order chi connectivity index (χ1) is 11.7. The van der Waals surface area contributed by atoms with Crippen LogP contribution < -0.4 is 20.1 Å². The summed E-state index contributed by atoms with van der Waals surface area (Å²) in [6, 6.07) is 9.70. The molecule has 2 N–H and O–H groups in total. The second kappa shape index (κ2) is 7.21. The molecule has 1 saturated carbocycles. The lowest BCUT2D eigenvalue weighted by molar-refractivity contribution is 0.0946. The van der Waals surface area contributed by atoms with E-state index in [9.17, 15) is 4.79 Å². The zero-order valence-electron chi connectivity index (χ0n) is 13.8. The molecule has 24 heavy (non-hydrogen) atoms. The number of nitrogens with zero attached hydrogens (tertiary/aromatic N) is 1. The Bertz CT molecular complexity index is 712. The molecule has 0 radical (unpaired) electrons. The van der Waals surface area contributed by atoms with Gasteiger partial charge >= 0.3 is 0 Å². The molecule has 6 heteroatoms. The Kier molecular flexibility index (Phi) is 4.84. The zero-order chi connectivity index (χ0) is 16.9. The lowest BCUT2D eigenvalue weighted by Gasteiger charge is -2.11. The molecule has 3 rings (SSSR count). The van der Waals surface area contributed by atoms with Gasteiger partial charge in [-0.3, -0.25) is 4.79 Å². The van der Waals surface area contributed by atoms with E-state index in [0.717, 1.165) is 24.1 Å². The van der Waals surface area contributed by atoms with Crippen LogP contribution in [0.5, 0.6) is 11.5 Å². The van der Waals surface area contributed by atoms with Crippen LogP contribution in [0.15, 0.2) is 36.5 Å². The van der Waals surface area contributed by atoms with Gasteiger partial charge in [0.05, 0.1) is 26.1 Å². The molecule has 0 spiro atoms. The van der Waals surface area contributed by atoms with E-state index < -0.39 is 0 Å². The largest absolute Gasteiger partial charge is 0.493 e. The molecule has 1 amide bonds. The van der Waals surface area contributed by atoms with Gasteiger partial charge in [0.25, 0.3) is 5.91 Å². The number of pyridine rings is 1. The lowest BCUT2D eigenvalue weighted by atomic mass is 10.2. The molecular formula is C18H21N3O3. The third kappa shape index (κ3) is 3.95. The number of amides is 1. The summed E-state index contributed by atoms with van der Waals surface area (Å²) in [5.41, 5.74) is 2.36. The van der Waals surface area contributed by atoms with Crippen molar-refractivity contribution in [3.05, 3.63) is 47.8 Å². The maximum Gasteiger partial charge on any atom is 0.270 e. The summed E-state index contributed by atoms with van der Waals surface area (Å²) in [4.78, 5) is 16.1. The summed E-state index contributed by atoms with van der Waals surface area (Å²) < 4.78 is 10.5. The third-order valence-corrected chi connectivity index (χ3v) is 3.85. The highest BCUT2D eigenvalue weighted by molar-refractivity contribution is 5.92. The number of rotatable bonds is 7. The van der Waals surface area contributed by atoms with Gasteiger partial charge in [-0.15, -0.1) is 0 Å². The molecule has 126 valence electrons. The molecule has 1 heterocycles. The Morgan fingerprint density at radius 3 is 2.58 bits per heavy atom. The van der Waals surface area contributed by atoms with Crippen molar-refractivity contribution in [2.75, 3.05) is 19.5 Å². The van der Waals surface area contributed by atoms with Gasteiger partial charge in [0.1, 0.15) is 5.69 Å². The molecule has 1 aromatic heterocycles. The third-order valence-electron chi connectivity index (χ3n) is 3.85. The molecular weight excluding hydrogens is 306 g/mol. The first-order valence-electron chi connectivity index (χ1n) is 7.91. The standard InChI is InChI=1S/C18H21N3O3/c1-23-16-8-3-12(9-17(16)24-2)10-19-14-6-7-15(20-11-14)18(22)21-13-4-5-13/h3,6-9,11,13,19H,4-5,10H2,1-2H3,(H,21,22). The van der Waals surface area contributed by atoms with Crippen LogP contribution in [0.4, 0.5) is 5.69 Å². The van der Waals surface area contributed by atoms with E-state index in [-0.39, 0.29) is 5.91 Å². The monoisotopic (exact) mass is 327 g/mol. The number of ether oxygens (including phenoxy) is 2. The number of aromatic nitrogens is 1. The number of hydrogen-bond donors (Lipinski definition) is 2. The van der Waals surface area contributed by atoms with E-state index in [2.05, 4.69) is 15.6 Å². The summed E-state index contributed by atoms with van der Waals surface area (Å²) in [6.45, 7) is 0.621. The van der Waals surface area contributed by atoms with E-state index in [0.29, 0.717) is 29.8 Å². The molecule has 1 aliphatic carbocycles. The second-order valence-corrected chi connectivity index (χ2v) is 5.72. The fourth-order valence-electron chi connectivity index (χ4n) is 2.31. The molecule has 1 aromatic carbocycles. The second-order valence-electron chi connectivity index (χ2n) is 5.72. The van der Waals surface area contributed by atoms with Crippen LogP contribution in [0, 0.1) is 0 Å². The molecule has 2 aromatic rings. The fraction of sp³-hybridized carbons (Fsp3) is 0.333. The smallest absolute Gasteiger partial charge is 0.270 e. The number of nitrogens with one attached hydrogen (secondary N) is 2. The van der Waals surface area contributed by atoms with Gasteiger partial charge in [-0.1, -0.05) is 6.07 Å². The molecule has 0 bridgehead atoms. The molecule has 0 aliphatic heterocycles. The van der Waals surface area contributed by atoms with Crippen LogP contribution in [-0.4, -0.2) is 31.2 Å². The Balaban J connectivity index is 1.59. The van der Waals surface area contributed by atoms with Gasteiger partial charge < -0.3 is 20.1 Å². The molecule has 1 fully saturated rings. The fourth-order valence-corrected chi connectivity index (χ4v) is 2.31. The van der Waals surface area contributed by atoms with E-state index >= 15 is 0 Å². The lowest BCUT2D eigenvalue weighted by Crippen LogP contribution is -2.26. The molecule has 0 atom stereocenters. The molecule has 6 nitrogen and oxygen atoms in total. The predicted octanol–water partition coefficient (Wildman–Crippen LogP) is 2.60. The first kappa shape index (κ1) is 16.1. The summed E-state index contributed by atoms with van der Waals surface area (Å²) in [5, 5.41) is 6.20. The number of benzene rings is 1. The minimum atomic E-state index is -0.107. The summed E-state index contributed by atoms with van der Waals surface area (Å²) in [5.74, 6) is 1.29. The average molecular weight is 327 g/mol. The quantitative estimate of drug-likeness (QED) is 0.818. The van der Waals surface area contributed by atoms with Crippen LogP contribution in [0.1, 0.15) is 28.9 Å². The van der Waals surface area contributed by atoms with Crippen molar-refractivity contribution in [3.63, 3.8) is 0 Å². The molecule has 0 unspecified atom stereocenters. The maximum atomic E-state index is 11.9. The molecule has 1 aliphatic rings. The van der Waals surface area contributed by atoms with E-state index in [4.69, 9.17) is 9.47 Å². The first-order valence-corrected chi connectivity index (χ1v) is 7.91. The van der Waals surface area contributed by atoms with Crippen LogP contribution in [-0.2, 0) is 6.54 Å². The summed E-state index contributed by atoms with van der Waals surface area (Å²) in [7, 11) is 3.23. The van der Waals surface area contributed by atoms with Gasteiger partial charge in [-0.2, -0.15) is 0 Å². The Morgan fingerprint density at radius 2 is 1.96 bits per heavy atom. The van der Waals surface area contributed by atoms with Crippen LogP contribution in [0.3, 0.4) is 0 Å². The minimum Gasteiger partial charge on any atom is -0.493 e. The van der Waals surface area contributed by atoms with E-state index in [1.807, 2.05) is 24.3 Å². The number of carbonyl (C=O) groups is 1. The van der Waals surface area contributed by atoms with Gasteiger partial charge in [0.2, 0.25) is 0 Å². The topological polar surface area (TPSA) is 72.5 Å². The Labute approximate surface area is 141 Å². The van der Waals surface area contributed by atoms with Gasteiger partial charge in [-0.25, -0.2) is 4.98 Å². The highest BCUT2D eigenvalue weighted by Gasteiger charge is 2.24. The van der Waals surface area contributed by atoms with Crippen molar-refractivity contribution in [2.45, 2.75) is 25.4 Å². The summed E-state index contributed by atoms with van der Waals surface area (Å²) >= 11 is 0. The van der Waals surface area contributed by atoms with Crippen molar-refractivity contribution in [3.8, 4) is 11.5 Å². The normalized spacial score (nSPS) is 13.2. The van der Waals surface area contributed by atoms with Crippen LogP contribution in [0.2, 0.25) is 0 Å².